The van der Waals surface area contributed by atoms with E-state index in [4.69, 9.17) is 0 Å². The zero-order valence-corrected chi connectivity index (χ0v) is 14.9. The standard InChI is InChI=1S/C20H18BrNO2/c1-11-14(20(23)24)8-9-17-15-6-3-7-16(15)19(22-18(11)17)12-4-2-5-13(21)10-12/h2-6,8-10,15-16,19,22H,7H2,1H3,(H,23,24)/t15?,16?,19-/m1/s1. The lowest BCUT2D eigenvalue weighted by molar-refractivity contribution is 0.0696. The van der Waals surface area contributed by atoms with Crippen LogP contribution in [0.1, 0.15) is 45.4 Å². The number of hydrogen-bond acceptors (Lipinski definition) is 2. The van der Waals surface area contributed by atoms with Gasteiger partial charge in [0.1, 0.15) is 0 Å². The molecule has 2 unspecified atom stereocenters. The molecule has 0 radical (unpaired) electrons. The highest BCUT2D eigenvalue weighted by molar-refractivity contribution is 9.10. The molecule has 1 aliphatic carbocycles. The van der Waals surface area contributed by atoms with Crippen molar-refractivity contribution in [1.82, 2.24) is 0 Å². The monoisotopic (exact) mass is 383 g/mol. The first-order valence-electron chi connectivity index (χ1n) is 8.11. The molecule has 3 atom stereocenters. The molecular weight excluding hydrogens is 366 g/mol. The van der Waals surface area contributed by atoms with Crippen LogP contribution in [0.25, 0.3) is 0 Å². The molecule has 0 saturated heterocycles. The molecule has 0 fully saturated rings. The number of benzene rings is 2. The van der Waals surface area contributed by atoms with Gasteiger partial charge in [0, 0.05) is 16.1 Å². The van der Waals surface area contributed by atoms with Gasteiger partial charge in [0.2, 0.25) is 0 Å². The van der Waals surface area contributed by atoms with Crippen molar-refractivity contribution in [2.75, 3.05) is 5.32 Å². The predicted octanol–water partition coefficient (Wildman–Crippen LogP) is 5.28. The number of aromatic carboxylic acids is 1. The molecule has 4 rings (SSSR count). The molecule has 2 aromatic carbocycles. The molecule has 0 aromatic heterocycles. The Balaban J connectivity index is 1.85. The van der Waals surface area contributed by atoms with Crippen LogP contribution in [0, 0.1) is 12.8 Å². The Morgan fingerprint density at radius 1 is 1.29 bits per heavy atom. The van der Waals surface area contributed by atoms with E-state index in [2.05, 4.69) is 51.6 Å². The molecule has 0 amide bonds. The lowest BCUT2D eigenvalue weighted by Crippen LogP contribution is -2.30. The second-order valence-corrected chi connectivity index (χ2v) is 7.45. The summed E-state index contributed by atoms with van der Waals surface area (Å²) in [5.74, 6) is -0.0751. The Morgan fingerprint density at radius 3 is 2.88 bits per heavy atom. The summed E-state index contributed by atoms with van der Waals surface area (Å²) in [6.07, 6.45) is 5.56. The van der Waals surface area contributed by atoms with E-state index in [0.717, 1.165) is 22.1 Å². The van der Waals surface area contributed by atoms with Gasteiger partial charge in [-0.15, -0.1) is 0 Å². The first-order chi connectivity index (χ1) is 11.6. The number of carbonyl (C=O) groups is 1. The highest BCUT2D eigenvalue weighted by Crippen LogP contribution is 2.51. The molecule has 1 aliphatic heterocycles. The van der Waals surface area contributed by atoms with Crippen LogP contribution in [-0.4, -0.2) is 11.1 Å². The average Bonchev–Trinajstić information content (AvgIpc) is 3.04. The predicted molar refractivity (Wildman–Crippen MR) is 98.6 cm³/mol. The third-order valence-corrected chi connectivity index (χ3v) is 5.73. The summed E-state index contributed by atoms with van der Waals surface area (Å²) in [7, 11) is 0. The Labute approximate surface area is 149 Å². The number of hydrogen-bond donors (Lipinski definition) is 2. The third-order valence-electron chi connectivity index (χ3n) is 5.24. The number of carboxylic acids is 1. The maximum absolute atomic E-state index is 11.5. The first-order valence-corrected chi connectivity index (χ1v) is 8.91. The minimum Gasteiger partial charge on any atom is -0.478 e. The van der Waals surface area contributed by atoms with E-state index in [0.29, 0.717) is 17.4 Å². The van der Waals surface area contributed by atoms with Crippen LogP contribution in [-0.2, 0) is 0 Å². The molecule has 2 aromatic rings. The van der Waals surface area contributed by atoms with Crippen LogP contribution in [0.4, 0.5) is 5.69 Å². The highest BCUT2D eigenvalue weighted by Gasteiger charge is 2.38. The SMILES string of the molecule is Cc1c(C(=O)O)ccc2c1N[C@H](c1cccc(Br)c1)C1CC=CC21. The van der Waals surface area contributed by atoms with Crippen molar-refractivity contribution >= 4 is 27.6 Å². The van der Waals surface area contributed by atoms with E-state index < -0.39 is 5.97 Å². The summed E-state index contributed by atoms with van der Waals surface area (Å²) in [6, 6.07) is 12.3. The number of anilines is 1. The lowest BCUT2D eigenvalue weighted by Gasteiger charge is -2.38. The fraction of sp³-hybridized carbons (Fsp3) is 0.250. The smallest absolute Gasteiger partial charge is 0.336 e. The summed E-state index contributed by atoms with van der Waals surface area (Å²) in [6.45, 7) is 1.90. The highest BCUT2D eigenvalue weighted by atomic mass is 79.9. The van der Waals surface area contributed by atoms with E-state index in [1.807, 2.05) is 19.1 Å². The fourth-order valence-corrected chi connectivity index (χ4v) is 4.49. The van der Waals surface area contributed by atoms with Crippen LogP contribution < -0.4 is 5.32 Å². The van der Waals surface area contributed by atoms with E-state index in [-0.39, 0.29) is 6.04 Å². The van der Waals surface area contributed by atoms with Gasteiger partial charge in [-0.1, -0.05) is 46.3 Å². The van der Waals surface area contributed by atoms with Gasteiger partial charge >= 0.3 is 5.97 Å². The van der Waals surface area contributed by atoms with E-state index in [1.54, 1.807) is 6.07 Å². The molecule has 1 heterocycles. The lowest BCUT2D eigenvalue weighted by atomic mass is 9.76. The molecular formula is C20H18BrNO2. The van der Waals surface area contributed by atoms with Gasteiger partial charge in [0.05, 0.1) is 11.6 Å². The number of fused-ring (bicyclic) bond motifs is 3. The van der Waals surface area contributed by atoms with Crippen LogP contribution in [0.3, 0.4) is 0 Å². The van der Waals surface area contributed by atoms with Crippen molar-refractivity contribution in [2.24, 2.45) is 5.92 Å². The molecule has 2 aliphatic rings. The van der Waals surface area contributed by atoms with Gasteiger partial charge < -0.3 is 10.4 Å². The van der Waals surface area contributed by atoms with Gasteiger partial charge in [0.25, 0.3) is 0 Å². The Bertz CT molecular complexity index is 859. The molecule has 0 spiro atoms. The van der Waals surface area contributed by atoms with Crippen molar-refractivity contribution in [1.29, 1.82) is 0 Å². The molecule has 3 nitrogen and oxygen atoms in total. The van der Waals surface area contributed by atoms with Gasteiger partial charge in [-0.2, -0.15) is 0 Å². The van der Waals surface area contributed by atoms with Crippen molar-refractivity contribution in [2.45, 2.75) is 25.3 Å². The van der Waals surface area contributed by atoms with Crippen molar-refractivity contribution in [3.8, 4) is 0 Å². The Kier molecular flexibility index (Phi) is 3.72. The van der Waals surface area contributed by atoms with Crippen molar-refractivity contribution in [3.63, 3.8) is 0 Å². The minimum absolute atomic E-state index is 0.178. The first kappa shape index (κ1) is 15.5. The number of nitrogens with one attached hydrogen (secondary N) is 1. The van der Waals surface area contributed by atoms with Crippen molar-refractivity contribution in [3.05, 3.63) is 75.3 Å². The van der Waals surface area contributed by atoms with Gasteiger partial charge in [0.15, 0.2) is 0 Å². The van der Waals surface area contributed by atoms with Crippen LogP contribution in [0.5, 0.6) is 0 Å². The second-order valence-electron chi connectivity index (χ2n) is 6.54. The second kappa shape index (κ2) is 5.78. The molecule has 122 valence electrons. The summed E-state index contributed by atoms with van der Waals surface area (Å²) in [5, 5.41) is 13.1. The third kappa shape index (κ3) is 2.37. The summed E-state index contributed by atoms with van der Waals surface area (Å²) >= 11 is 3.56. The van der Waals surface area contributed by atoms with Gasteiger partial charge in [-0.3, -0.25) is 0 Å². The Hall–Kier alpha value is -2.07. The summed E-state index contributed by atoms with van der Waals surface area (Å²) < 4.78 is 1.06. The zero-order chi connectivity index (χ0) is 16.8. The quantitative estimate of drug-likeness (QED) is 0.693. The van der Waals surface area contributed by atoms with Crippen LogP contribution in [0.2, 0.25) is 0 Å². The average molecular weight is 384 g/mol. The number of rotatable bonds is 2. The van der Waals surface area contributed by atoms with Gasteiger partial charge in [-0.25, -0.2) is 4.79 Å². The maximum Gasteiger partial charge on any atom is 0.336 e. The van der Waals surface area contributed by atoms with Crippen molar-refractivity contribution < 1.29 is 9.90 Å². The maximum atomic E-state index is 11.5. The molecule has 0 saturated carbocycles. The van der Waals surface area contributed by atoms with Crippen LogP contribution >= 0.6 is 15.9 Å². The largest absolute Gasteiger partial charge is 0.478 e. The Morgan fingerprint density at radius 2 is 2.12 bits per heavy atom. The molecule has 24 heavy (non-hydrogen) atoms. The zero-order valence-electron chi connectivity index (χ0n) is 13.3. The number of allylic oxidation sites excluding steroid dienone is 2. The normalized spacial score (nSPS) is 24.2. The summed E-state index contributed by atoms with van der Waals surface area (Å²) in [5.41, 5.74) is 4.61. The van der Waals surface area contributed by atoms with E-state index in [9.17, 15) is 9.90 Å². The summed E-state index contributed by atoms with van der Waals surface area (Å²) in [4.78, 5) is 11.5. The van der Waals surface area contributed by atoms with Gasteiger partial charge in [-0.05, 0) is 54.2 Å². The minimum atomic E-state index is -0.875. The molecule has 2 N–H and O–H groups in total. The number of halogens is 1. The van der Waals surface area contributed by atoms with E-state index >= 15 is 0 Å². The number of carboxylic acid groups (broad SMARTS) is 1. The topological polar surface area (TPSA) is 49.3 Å². The van der Waals surface area contributed by atoms with Crippen LogP contribution in [0.15, 0.2) is 53.0 Å². The fourth-order valence-electron chi connectivity index (χ4n) is 4.08. The molecule has 4 heteroatoms. The van der Waals surface area contributed by atoms with E-state index in [1.165, 1.54) is 11.1 Å². The molecule has 0 bridgehead atoms.